The second-order valence-electron chi connectivity index (χ2n) is 7.52. The van der Waals surface area contributed by atoms with Crippen molar-refractivity contribution in [2.24, 2.45) is 0 Å². The zero-order valence-electron chi connectivity index (χ0n) is 19.6. The van der Waals surface area contributed by atoms with Crippen LogP contribution in [0.4, 0.5) is 21.8 Å². The third-order valence-electron chi connectivity index (χ3n) is 5.26. The molecule has 0 spiro atoms. The van der Waals surface area contributed by atoms with Crippen molar-refractivity contribution in [3.63, 3.8) is 0 Å². The molecule has 0 aliphatic rings. The second kappa shape index (κ2) is 10.3. The number of carbonyl (C=O) groups is 1. The summed E-state index contributed by atoms with van der Waals surface area (Å²) < 4.78 is 48.9. The molecule has 10 nitrogen and oxygen atoms in total. The Morgan fingerprint density at radius 2 is 1.81 bits per heavy atom. The summed E-state index contributed by atoms with van der Waals surface area (Å²) in [6.45, 7) is 0. The van der Waals surface area contributed by atoms with Crippen LogP contribution in [0.15, 0.2) is 47.5 Å². The highest BCUT2D eigenvalue weighted by atomic mass is 35.5. The van der Waals surface area contributed by atoms with Crippen LogP contribution in [0.25, 0.3) is 22.2 Å². The number of pyridine rings is 1. The number of halogens is 3. The molecular formula is C23H19Cl2FN6O4S. The van der Waals surface area contributed by atoms with Crippen LogP contribution in [-0.4, -0.2) is 50.5 Å². The van der Waals surface area contributed by atoms with Crippen LogP contribution < -0.4 is 15.4 Å². The molecule has 0 unspecified atom stereocenters. The fourth-order valence-electron chi connectivity index (χ4n) is 3.52. The second-order valence-corrected chi connectivity index (χ2v) is 9.99. The number of sulfonamides is 1. The lowest BCUT2D eigenvalue weighted by molar-refractivity contribution is 0.0600. The summed E-state index contributed by atoms with van der Waals surface area (Å²) in [5.74, 6) is -1.07. The fraction of sp³-hybridized carbons (Fsp3) is 0.130. The first-order chi connectivity index (χ1) is 17.6. The minimum atomic E-state index is -4.48. The molecule has 0 saturated carbocycles. The summed E-state index contributed by atoms with van der Waals surface area (Å²) in [6, 6.07) is 8.05. The number of hydrogen-bond donors (Lipinski definition) is 3. The molecule has 0 bridgehead atoms. The molecule has 4 rings (SSSR count). The number of rotatable bonds is 7. The zero-order valence-corrected chi connectivity index (χ0v) is 21.9. The Balaban J connectivity index is 1.80. The molecule has 2 heterocycles. The maximum absolute atomic E-state index is 15.7. The Morgan fingerprint density at radius 1 is 1.05 bits per heavy atom. The minimum Gasteiger partial charge on any atom is -0.465 e. The molecule has 0 aliphatic heterocycles. The van der Waals surface area contributed by atoms with Crippen LogP contribution in [-0.2, 0) is 14.8 Å². The predicted molar refractivity (Wildman–Crippen MR) is 140 cm³/mol. The number of ether oxygens (including phenoxy) is 1. The number of fused-ring (bicyclic) bond motifs is 1. The fourth-order valence-corrected chi connectivity index (χ4v) is 5.48. The van der Waals surface area contributed by atoms with Crippen molar-refractivity contribution in [3.05, 3.63) is 64.0 Å². The van der Waals surface area contributed by atoms with Crippen molar-refractivity contribution in [1.29, 1.82) is 0 Å². The van der Waals surface area contributed by atoms with Gasteiger partial charge in [0.1, 0.15) is 10.7 Å². The number of benzene rings is 2. The first kappa shape index (κ1) is 26.3. The minimum absolute atomic E-state index is 0.0593. The summed E-state index contributed by atoms with van der Waals surface area (Å²) in [7, 11) is -0.0885. The number of carbonyl (C=O) groups excluding carboxylic acids is 1. The van der Waals surface area contributed by atoms with E-state index >= 15 is 4.39 Å². The van der Waals surface area contributed by atoms with Crippen LogP contribution in [0.1, 0.15) is 10.4 Å². The SMILES string of the molecule is CNc1ncc2cc(-c3cccc(NS(=O)(=O)c4cc(Cl)cc(C(=O)OC)c4Cl)c3F)c(NC)nc2n1. The summed E-state index contributed by atoms with van der Waals surface area (Å²) in [6.07, 6.45) is 1.54. The van der Waals surface area contributed by atoms with Crippen LogP contribution in [0.5, 0.6) is 0 Å². The molecule has 0 aliphatic carbocycles. The van der Waals surface area contributed by atoms with Crippen LogP contribution in [0.3, 0.4) is 0 Å². The summed E-state index contributed by atoms with van der Waals surface area (Å²) in [4.78, 5) is 24.4. The smallest absolute Gasteiger partial charge is 0.339 e. The maximum atomic E-state index is 15.7. The monoisotopic (exact) mass is 564 g/mol. The van der Waals surface area contributed by atoms with Crippen molar-refractivity contribution in [1.82, 2.24) is 15.0 Å². The summed E-state index contributed by atoms with van der Waals surface area (Å²) in [5.41, 5.74) is 0.168. The molecule has 4 aromatic rings. The number of esters is 1. The summed E-state index contributed by atoms with van der Waals surface area (Å²) >= 11 is 12.2. The van der Waals surface area contributed by atoms with Gasteiger partial charge in [0.05, 0.1) is 23.4 Å². The summed E-state index contributed by atoms with van der Waals surface area (Å²) in [5, 5.41) is 5.77. The molecule has 2 aromatic carbocycles. The van der Waals surface area contributed by atoms with Gasteiger partial charge in [-0.3, -0.25) is 4.72 Å². The quantitative estimate of drug-likeness (QED) is 0.270. The normalized spacial score (nSPS) is 11.3. The highest BCUT2D eigenvalue weighted by Crippen LogP contribution is 2.36. The Bertz CT molecular complexity index is 1650. The molecular weight excluding hydrogens is 546 g/mol. The maximum Gasteiger partial charge on any atom is 0.339 e. The van der Waals surface area contributed by atoms with E-state index in [1.807, 2.05) is 0 Å². The number of methoxy groups -OCH3 is 1. The molecule has 0 amide bonds. The van der Waals surface area contributed by atoms with Crippen molar-refractivity contribution < 1.29 is 22.3 Å². The molecule has 3 N–H and O–H groups in total. The van der Waals surface area contributed by atoms with Gasteiger partial charge in [0.15, 0.2) is 11.5 Å². The van der Waals surface area contributed by atoms with Gasteiger partial charge in [-0.05, 0) is 24.3 Å². The van der Waals surface area contributed by atoms with Gasteiger partial charge < -0.3 is 15.4 Å². The third kappa shape index (κ3) is 5.08. The molecule has 2 aromatic heterocycles. The highest BCUT2D eigenvalue weighted by Gasteiger charge is 2.26. The molecule has 192 valence electrons. The molecule has 0 fully saturated rings. The molecule has 0 atom stereocenters. The van der Waals surface area contributed by atoms with Crippen molar-refractivity contribution >= 4 is 67.7 Å². The first-order valence-electron chi connectivity index (χ1n) is 10.5. The van der Waals surface area contributed by atoms with Crippen LogP contribution in [0.2, 0.25) is 10.0 Å². The number of nitrogens with zero attached hydrogens (tertiary/aromatic N) is 3. The number of hydrogen-bond acceptors (Lipinski definition) is 9. The third-order valence-corrected chi connectivity index (χ3v) is 7.39. The Labute approximate surface area is 221 Å². The van der Waals surface area contributed by atoms with E-state index in [1.54, 1.807) is 20.2 Å². The van der Waals surface area contributed by atoms with Crippen LogP contribution in [0, 0.1) is 5.82 Å². The molecule has 0 radical (unpaired) electrons. The van der Waals surface area contributed by atoms with E-state index in [9.17, 15) is 13.2 Å². The van der Waals surface area contributed by atoms with E-state index in [-0.39, 0.29) is 21.8 Å². The average molecular weight is 565 g/mol. The standard InChI is InChI=1S/C23H19Cl2FN6O4S/c1-27-21-14(7-11-10-29-23(28-2)31-20(11)30-21)13-5-4-6-16(19(13)26)32-37(34,35)17-9-12(24)8-15(18(17)25)22(33)36-3/h4-10,32H,1-3H3,(H2,27,28,29,30,31). The van der Waals surface area contributed by atoms with Crippen molar-refractivity contribution in [2.45, 2.75) is 4.90 Å². The highest BCUT2D eigenvalue weighted by molar-refractivity contribution is 7.92. The number of anilines is 3. The van der Waals surface area contributed by atoms with E-state index in [1.165, 1.54) is 30.5 Å². The van der Waals surface area contributed by atoms with E-state index in [0.717, 1.165) is 13.2 Å². The van der Waals surface area contributed by atoms with Gasteiger partial charge in [0, 0.05) is 41.8 Å². The van der Waals surface area contributed by atoms with E-state index in [2.05, 4.69) is 35.0 Å². The zero-order chi connectivity index (χ0) is 26.9. The lowest BCUT2D eigenvalue weighted by Gasteiger charge is -2.15. The Hall–Kier alpha value is -3.74. The lowest BCUT2D eigenvalue weighted by Crippen LogP contribution is -2.16. The molecule has 0 saturated heterocycles. The van der Waals surface area contributed by atoms with Gasteiger partial charge >= 0.3 is 5.97 Å². The van der Waals surface area contributed by atoms with E-state index < -0.39 is 31.7 Å². The van der Waals surface area contributed by atoms with Crippen LogP contribution >= 0.6 is 23.2 Å². The lowest BCUT2D eigenvalue weighted by atomic mass is 10.0. The Kier molecular flexibility index (Phi) is 7.35. The first-order valence-corrected chi connectivity index (χ1v) is 12.8. The molecule has 14 heteroatoms. The van der Waals surface area contributed by atoms with Crippen molar-refractivity contribution in [3.8, 4) is 11.1 Å². The number of nitrogens with one attached hydrogen (secondary N) is 3. The Morgan fingerprint density at radius 3 is 2.49 bits per heavy atom. The van der Waals surface area contributed by atoms with E-state index in [0.29, 0.717) is 28.4 Å². The van der Waals surface area contributed by atoms with Crippen molar-refractivity contribution in [2.75, 3.05) is 36.6 Å². The largest absolute Gasteiger partial charge is 0.465 e. The average Bonchev–Trinajstić information content (AvgIpc) is 2.89. The van der Waals surface area contributed by atoms with E-state index in [4.69, 9.17) is 23.2 Å². The van der Waals surface area contributed by atoms with Gasteiger partial charge in [0.2, 0.25) is 5.95 Å². The number of aromatic nitrogens is 3. The van der Waals surface area contributed by atoms with Gasteiger partial charge in [-0.15, -0.1) is 0 Å². The molecule has 37 heavy (non-hydrogen) atoms. The van der Waals surface area contributed by atoms with Gasteiger partial charge in [0.25, 0.3) is 10.0 Å². The van der Waals surface area contributed by atoms with Gasteiger partial charge in [-0.2, -0.15) is 4.98 Å². The topological polar surface area (TPSA) is 135 Å². The predicted octanol–water partition coefficient (Wildman–Crippen LogP) is 4.81. The van der Waals surface area contributed by atoms with Gasteiger partial charge in [-0.1, -0.05) is 35.3 Å². The van der Waals surface area contributed by atoms with Gasteiger partial charge in [-0.25, -0.2) is 27.6 Å².